The van der Waals surface area contributed by atoms with E-state index < -0.39 is 0 Å². The van der Waals surface area contributed by atoms with Gasteiger partial charge in [-0.15, -0.1) is 0 Å². The van der Waals surface area contributed by atoms with E-state index in [-0.39, 0.29) is 6.10 Å². The van der Waals surface area contributed by atoms with Crippen LogP contribution in [0.1, 0.15) is 18.9 Å². The van der Waals surface area contributed by atoms with Gasteiger partial charge < -0.3 is 10.1 Å². The maximum Gasteiger partial charge on any atom is 0.0750 e. The second-order valence-electron chi connectivity index (χ2n) is 4.52. The molecular weight excluding hydrogens is 257 g/mol. The fourth-order valence-corrected chi connectivity index (χ4v) is 2.55. The van der Waals surface area contributed by atoms with E-state index in [1.807, 2.05) is 18.2 Å². The summed E-state index contributed by atoms with van der Waals surface area (Å²) < 4.78 is 5.91. The third kappa shape index (κ3) is 3.35. The predicted molar refractivity (Wildman–Crippen MR) is 71.7 cm³/mol. The van der Waals surface area contributed by atoms with E-state index in [0.717, 1.165) is 25.1 Å². The van der Waals surface area contributed by atoms with Crippen LogP contribution in [0.2, 0.25) is 10.0 Å². The Bertz CT molecular complexity index is 363. The van der Waals surface area contributed by atoms with E-state index in [1.165, 1.54) is 0 Å². The van der Waals surface area contributed by atoms with Gasteiger partial charge in [0, 0.05) is 22.2 Å². The molecule has 1 N–H and O–H groups in total. The van der Waals surface area contributed by atoms with Gasteiger partial charge in [-0.05, 0) is 31.0 Å². The van der Waals surface area contributed by atoms with Crippen molar-refractivity contribution in [2.75, 3.05) is 13.1 Å². The normalized spacial score (nSPS) is 24.9. The Morgan fingerprint density at radius 1 is 1.35 bits per heavy atom. The summed E-state index contributed by atoms with van der Waals surface area (Å²) in [7, 11) is 0. The molecule has 94 valence electrons. The summed E-state index contributed by atoms with van der Waals surface area (Å²) in [6.45, 7) is 4.69. The van der Waals surface area contributed by atoms with Crippen molar-refractivity contribution in [3.8, 4) is 0 Å². The van der Waals surface area contributed by atoms with Crippen LogP contribution < -0.4 is 5.32 Å². The first-order chi connectivity index (χ1) is 8.18. The molecule has 1 fully saturated rings. The van der Waals surface area contributed by atoms with Gasteiger partial charge in [0.25, 0.3) is 0 Å². The zero-order valence-corrected chi connectivity index (χ0v) is 11.4. The van der Waals surface area contributed by atoms with Crippen molar-refractivity contribution < 1.29 is 4.74 Å². The second kappa shape index (κ2) is 6.05. The highest BCUT2D eigenvalue weighted by molar-refractivity contribution is 6.35. The lowest BCUT2D eigenvalue weighted by Gasteiger charge is -2.29. The number of rotatable bonds is 3. The number of ether oxygens (including phenoxy) is 1. The molecule has 0 saturated carbocycles. The standard InChI is InChI=1S/C13H17Cl2NO/c1-9-5-6-16-7-13(9)17-8-10-11(14)3-2-4-12(10)15/h2-4,9,13,16H,5-8H2,1H3. The third-order valence-electron chi connectivity index (χ3n) is 3.26. The number of nitrogens with one attached hydrogen (secondary N) is 1. The van der Waals surface area contributed by atoms with Gasteiger partial charge in [0.1, 0.15) is 0 Å². The predicted octanol–water partition coefficient (Wildman–Crippen LogP) is 3.51. The molecule has 2 atom stereocenters. The highest BCUT2D eigenvalue weighted by Crippen LogP contribution is 2.26. The Morgan fingerprint density at radius 3 is 2.71 bits per heavy atom. The number of hydrogen-bond donors (Lipinski definition) is 1. The van der Waals surface area contributed by atoms with Crippen LogP contribution in [-0.2, 0) is 11.3 Å². The minimum absolute atomic E-state index is 0.246. The highest BCUT2D eigenvalue weighted by atomic mass is 35.5. The van der Waals surface area contributed by atoms with Crippen molar-refractivity contribution in [2.45, 2.75) is 26.1 Å². The molecule has 0 aliphatic carbocycles. The zero-order chi connectivity index (χ0) is 12.3. The fourth-order valence-electron chi connectivity index (χ4n) is 2.04. The molecule has 0 spiro atoms. The van der Waals surface area contributed by atoms with Crippen LogP contribution in [0.5, 0.6) is 0 Å². The molecule has 0 aromatic heterocycles. The first kappa shape index (κ1) is 13.2. The fraction of sp³-hybridized carbons (Fsp3) is 0.538. The van der Waals surface area contributed by atoms with Gasteiger partial charge in [-0.1, -0.05) is 36.2 Å². The molecule has 1 saturated heterocycles. The Hall–Kier alpha value is -0.280. The van der Waals surface area contributed by atoms with Crippen LogP contribution in [0.3, 0.4) is 0 Å². The van der Waals surface area contributed by atoms with Crippen LogP contribution in [-0.4, -0.2) is 19.2 Å². The van der Waals surface area contributed by atoms with E-state index in [4.69, 9.17) is 27.9 Å². The highest BCUT2D eigenvalue weighted by Gasteiger charge is 2.22. The molecule has 2 rings (SSSR count). The summed E-state index contributed by atoms with van der Waals surface area (Å²) >= 11 is 12.2. The average Bonchev–Trinajstić information content (AvgIpc) is 2.30. The first-order valence-corrected chi connectivity index (χ1v) is 6.69. The Labute approximate surface area is 112 Å². The van der Waals surface area contributed by atoms with Gasteiger partial charge >= 0.3 is 0 Å². The maximum atomic E-state index is 6.10. The molecule has 17 heavy (non-hydrogen) atoms. The van der Waals surface area contributed by atoms with Crippen molar-refractivity contribution in [3.63, 3.8) is 0 Å². The van der Waals surface area contributed by atoms with E-state index in [2.05, 4.69) is 12.2 Å². The van der Waals surface area contributed by atoms with E-state index in [9.17, 15) is 0 Å². The molecule has 1 aliphatic rings. The molecule has 1 aliphatic heterocycles. The minimum atomic E-state index is 0.246. The van der Waals surface area contributed by atoms with Crippen LogP contribution in [0, 0.1) is 5.92 Å². The van der Waals surface area contributed by atoms with Crippen molar-refractivity contribution in [2.24, 2.45) is 5.92 Å². The molecule has 1 aromatic rings. The van der Waals surface area contributed by atoms with Gasteiger partial charge in [-0.3, -0.25) is 0 Å². The van der Waals surface area contributed by atoms with Gasteiger partial charge in [0.15, 0.2) is 0 Å². The number of piperidine rings is 1. The zero-order valence-electron chi connectivity index (χ0n) is 9.88. The maximum absolute atomic E-state index is 6.10. The second-order valence-corrected chi connectivity index (χ2v) is 5.33. The van der Waals surface area contributed by atoms with Gasteiger partial charge in [-0.25, -0.2) is 0 Å². The lowest BCUT2D eigenvalue weighted by atomic mass is 9.97. The molecule has 0 amide bonds. The third-order valence-corrected chi connectivity index (χ3v) is 3.97. The summed E-state index contributed by atoms with van der Waals surface area (Å²) in [6, 6.07) is 5.53. The molecule has 0 radical (unpaired) electrons. The van der Waals surface area contributed by atoms with Crippen LogP contribution in [0.25, 0.3) is 0 Å². The van der Waals surface area contributed by atoms with Crippen molar-refractivity contribution in [1.29, 1.82) is 0 Å². The van der Waals surface area contributed by atoms with E-state index >= 15 is 0 Å². The van der Waals surface area contributed by atoms with Gasteiger partial charge in [0.05, 0.1) is 12.7 Å². The molecule has 2 nitrogen and oxygen atoms in total. The molecular formula is C13H17Cl2NO. The summed E-state index contributed by atoms with van der Waals surface area (Å²) in [5.74, 6) is 0.581. The SMILES string of the molecule is CC1CCNCC1OCc1c(Cl)cccc1Cl. The van der Waals surface area contributed by atoms with Crippen LogP contribution in [0.15, 0.2) is 18.2 Å². The first-order valence-electron chi connectivity index (χ1n) is 5.93. The number of halogens is 2. The number of benzene rings is 1. The van der Waals surface area contributed by atoms with Gasteiger partial charge in [-0.2, -0.15) is 0 Å². The van der Waals surface area contributed by atoms with Gasteiger partial charge in [0.2, 0.25) is 0 Å². The Balaban J connectivity index is 1.97. The summed E-state index contributed by atoms with van der Waals surface area (Å²) in [4.78, 5) is 0. The van der Waals surface area contributed by atoms with Crippen LogP contribution >= 0.6 is 23.2 Å². The molecule has 1 aromatic carbocycles. The lowest BCUT2D eigenvalue weighted by molar-refractivity contribution is -0.00651. The van der Waals surface area contributed by atoms with E-state index in [0.29, 0.717) is 22.6 Å². The summed E-state index contributed by atoms with van der Waals surface area (Å²) in [6.07, 6.45) is 1.40. The smallest absolute Gasteiger partial charge is 0.0750 e. The largest absolute Gasteiger partial charge is 0.372 e. The van der Waals surface area contributed by atoms with E-state index in [1.54, 1.807) is 0 Å². The molecule has 1 heterocycles. The van der Waals surface area contributed by atoms with Crippen molar-refractivity contribution >= 4 is 23.2 Å². The minimum Gasteiger partial charge on any atom is -0.372 e. The average molecular weight is 274 g/mol. The number of hydrogen-bond acceptors (Lipinski definition) is 2. The van der Waals surface area contributed by atoms with Crippen molar-refractivity contribution in [1.82, 2.24) is 5.32 Å². The topological polar surface area (TPSA) is 21.3 Å². The van der Waals surface area contributed by atoms with Crippen molar-refractivity contribution in [3.05, 3.63) is 33.8 Å². The monoisotopic (exact) mass is 273 g/mol. The summed E-state index contributed by atoms with van der Waals surface area (Å²) in [5, 5.41) is 4.69. The quantitative estimate of drug-likeness (QED) is 0.910. The molecule has 4 heteroatoms. The Kier molecular flexibility index (Phi) is 4.69. The lowest BCUT2D eigenvalue weighted by Crippen LogP contribution is -2.40. The van der Waals surface area contributed by atoms with Crippen LogP contribution in [0.4, 0.5) is 0 Å². The summed E-state index contributed by atoms with van der Waals surface area (Å²) in [5.41, 5.74) is 0.883. The molecule has 2 unspecified atom stereocenters. The molecule has 0 bridgehead atoms. The Morgan fingerprint density at radius 2 is 2.06 bits per heavy atom.